The molecule has 5 heterocycles. The Labute approximate surface area is 194 Å². The second kappa shape index (κ2) is 8.81. The second-order valence-corrected chi connectivity index (χ2v) is 8.01. The maximum Gasteiger partial charge on any atom is 0.252 e. The Balaban J connectivity index is 1.41. The van der Waals surface area contributed by atoms with Gasteiger partial charge in [0, 0.05) is 29.7 Å². The van der Waals surface area contributed by atoms with Crippen LogP contribution in [0.25, 0.3) is 16.8 Å². The number of carbonyl (C=O) groups excluding carboxylic acids is 1. The van der Waals surface area contributed by atoms with Crippen LogP contribution in [0.3, 0.4) is 0 Å². The lowest BCUT2D eigenvalue weighted by Gasteiger charge is -2.16. The quantitative estimate of drug-likeness (QED) is 0.485. The number of allylic oxidation sites excluding steroid dienone is 1. The maximum absolute atomic E-state index is 14.7. The summed E-state index contributed by atoms with van der Waals surface area (Å²) in [5.74, 6) is 0.250. The van der Waals surface area contributed by atoms with E-state index >= 15 is 0 Å². The number of rotatable bonds is 5. The molecule has 0 aromatic carbocycles. The largest absolute Gasteiger partial charge is 0.309 e. The van der Waals surface area contributed by atoms with Gasteiger partial charge in [0.1, 0.15) is 18.1 Å². The molecule has 5 rings (SSSR count). The van der Waals surface area contributed by atoms with Gasteiger partial charge in [-0.3, -0.25) is 14.7 Å². The van der Waals surface area contributed by atoms with Crippen LogP contribution in [0.5, 0.6) is 0 Å². The number of aliphatic imine (C=N–C) groups is 1. The van der Waals surface area contributed by atoms with E-state index in [1.54, 1.807) is 53.6 Å². The molecule has 0 atom stereocenters. The van der Waals surface area contributed by atoms with Gasteiger partial charge in [-0.1, -0.05) is 13.8 Å². The lowest BCUT2D eigenvalue weighted by atomic mass is 10.0. The van der Waals surface area contributed by atoms with Gasteiger partial charge >= 0.3 is 0 Å². The summed E-state index contributed by atoms with van der Waals surface area (Å²) in [4.78, 5) is 30.4. The molecule has 34 heavy (non-hydrogen) atoms. The fourth-order valence-corrected chi connectivity index (χ4v) is 3.64. The molecule has 0 bridgehead atoms. The summed E-state index contributed by atoms with van der Waals surface area (Å²) in [6.07, 6.45) is 11.2. The van der Waals surface area contributed by atoms with Gasteiger partial charge in [0.05, 0.1) is 29.8 Å². The van der Waals surface area contributed by atoms with Gasteiger partial charge in [0.2, 0.25) is 5.95 Å². The second-order valence-electron chi connectivity index (χ2n) is 8.01. The number of carbonyl (C=O) groups is 1. The molecule has 1 amide bonds. The predicted molar refractivity (Wildman–Crippen MR) is 128 cm³/mol. The number of pyridine rings is 2. The van der Waals surface area contributed by atoms with Crippen molar-refractivity contribution >= 4 is 35.1 Å². The number of fused-ring (bicyclic) bond motifs is 1. The van der Waals surface area contributed by atoms with Crippen LogP contribution in [0.4, 0.5) is 21.8 Å². The average Bonchev–Trinajstić information content (AvgIpc) is 3.15. The maximum atomic E-state index is 14.7. The number of hydrogen-bond donors (Lipinski definition) is 1. The first kappa shape index (κ1) is 21.4. The number of amides is 1. The standard InChI is InChI=1S/C24H21FN8O/c1-15(2)18-12-29-33-9-6-16(10-20(18)33)23-19(25)13-28-24(31-23)30-21-5-4-17(11-27-21)32-8-3-7-26-14-22(32)34/h3-13,15H,14H2,1-2H3,(H,27,28,30,31). The Bertz CT molecular complexity index is 1420. The molecular formula is C24H21FN8O. The van der Waals surface area contributed by atoms with Crippen LogP contribution in [0.1, 0.15) is 25.3 Å². The number of nitrogens with one attached hydrogen (secondary N) is 1. The number of aromatic nitrogens is 5. The van der Waals surface area contributed by atoms with Crippen molar-refractivity contribution in [2.75, 3.05) is 16.8 Å². The zero-order chi connectivity index (χ0) is 23.7. The van der Waals surface area contributed by atoms with Crippen molar-refractivity contribution in [1.82, 2.24) is 24.6 Å². The topological polar surface area (TPSA) is 101 Å². The highest BCUT2D eigenvalue weighted by Gasteiger charge is 2.16. The van der Waals surface area contributed by atoms with E-state index in [0.717, 1.165) is 17.3 Å². The zero-order valence-corrected chi connectivity index (χ0v) is 18.6. The lowest BCUT2D eigenvalue weighted by molar-refractivity contribution is -0.116. The zero-order valence-electron chi connectivity index (χ0n) is 18.6. The molecule has 1 aliphatic heterocycles. The Hall–Kier alpha value is -4.47. The summed E-state index contributed by atoms with van der Waals surface area (Å²) >= 11 is 0. The molecule has 0 aliphatic carbocycles. The molecule has 0 spiro atoms. The van der Waals surface area contributed by atoms with Crippen LogP contribution in [0, 0.1) is 5.82 Å². The first-order chi connectivity index (χ1) is 16.5. The van der Waals surface area contributed by atoms with E-state index in [2.05, 4.69) is 44.2 Å². The first-order valence-electron chi connectivity index (χ1n) is 10.7. The summed E-state index contributed by atoms with van der Waals surface area (Å²) in [6, 6.07) is 7.08. The highest BCUT2D eigenvalue weighted by molar-refractivity contribution is 5.99. The summed E-state index contributed by atoms with van der Waals surface area (Å²) in [6.45, 7) is 4.24. The number of halogens is 1. The van der Waals surface area contributed by atoms with Crippen molar-refractivity contribution in [1.29, 1.82) is 0 Å². The van der Waals surface area contributed by atoms with Crippen molar-refractivity contribution in [2.45, 2.75) is 19.8 Å². The third-order valence-electron chi connectivity index (χ3n) is 5.38. The molecule has 10 heteroatoms. The van der Waals surface area contributed by atoms with Crippen molar-refractivity contribution < 1.29 is 9.18 Å². The minimum absolute atomic E-state index is 0.0724. The third kappa shape index (κ3) is 4.13. The van der Waals surface area contributed by atoms with Gasteiger partial charge < -0.3 is 5.32 Å². The van der Waals surface area contributed by atoms with Gasteiger partial charge in [-0.05, 0) is 36.3 Å². The fourth-order valence-electron chi connectivity index (χ4n) is 3.64. The molecule has 4 aromatic rings. The molecule has 170 valence electrons. The van der Waals surface area contributed by atoms with Crippen LogP contribution in [-0.2, 0) is 4.79 Å². The third-order valence-corrected chi connectivity index (χ3v) is 5.38. The van der Waals surface area contributed by atoms with E-state index in [1.165, 1.54) is 4.90 Å². The molecule has 0 saturated carbocycles. The molecule has 1 N–H and O–H groups in total. The minimum Gasteiger partial charge on any atom is -0.309 e. The van der Waals surface area contributed by atoms with Crippen molar-refractivity contribution in [3.63, 3.8) is 0 Å². The van der Waals surface area contributed by atoms with Crippen LogP contribution in [0.2, 0.25) is 0 Å². The van der Waals surface area contributed by atoms with Gasteiger partial charge in [0.15, 0.2) is 5.82 Å². The number of hydrogen-bond acceptors (Lipinski definition) is 7. The Morgan fingerprint density at radius 1 is 1.12 bits per heavy atom. The molecular weight excluding hydrogens is 435 g/mol. The van der Waals surface area contributed by atoms with E-state index in [4.69, 9.17) is 0 Å². The van der Waals surface area contributed by atoms with Gasteiger partial charge in [0.25, 0.3) is 5.91 Å². The lowest BCUT2D eigenvalue weighted by Crippen LogP contribution is -2.26. The van der Waals surface area contributed by atoms with Gasteiger partial charge in [-0.2, -0.15) is 5.10 Å². The van der Waals surface area contributed by atoms with Crippen molar-refractivity contribution in [3.05, 3.63) is 72.7 Å². The SMILES string of the molecule is CC(C)c1cnn2ccc(-c3nc(Nc4ccc(N5C=CC=NCC5=O)cn4)ncc3F)cc12. The van der Waals surface area contributed by atoms with Gasteiger partial charge in [-0.15, -0.1) is 0 Å². The highest BCUT2D eigenvalue weighted by Crippen LogP contribution is 2.27. The summed E-state index contributed by atoms with van der Waals surface area (Å²) in [5.41, 5.74) is 3.37. The molecule has 1 aliphatic rings. The highest BCUT2D eigenvalue weighted by atomic mass is 19.1. The molecule has 0 radical (unpaired) electrons. The minimum atomic E-state index is -0.530. The van der Waals surface area contributed by atoms with E-state index < -0.39 is 5.82 Å². The molecule has 0 unspecified atom stereocenters. The number of anilines is 3. The van der Waals surface area contributed by atoms with E-state index in [1.807, 2.05) is 12.3 Å². The predicted octanol–water partition coefficient (Wildman–Crippen LogP) is 4.12. The summed E-state index contributed by atoms with van der Waals surface area (Å²) < 4.78 is 16.4. The average molecular weight is 456 g/mol. The van der Waals surface area contributed by atoms with Gasteiger partial charge in [-0.25, -0.2) is 23.9 Å². The summed E-state index contributed by atoms with van der Waals surface area (Å²) in [5, 5.41) is 7.35. The molecule has 0 saturated heterocycles. The first-order valence-corrected chi connectivity index (χ1v) is 10.7. The Kier molecular flexibility index (Phi) is 5.54. The van der Waals surface area contributed by atoms with Crippen LogP contribution >= 0.6 is 0 Å². The van der Waals surface area contributed by atoms with Crippen LogP contribution in [-0.4, -0.2) is 43.2 Å². The van der Waals surface area contributed by atoms with E-state index in [0.29, 0.717) is 17.1 Å². The van der Waals surface area contributed by atoms with Crippen LogP contribution < -0.4 is 10.2 Å². The molecule has 9 nitrogen and oxygen atoms in total. The molecule has 0 fully saturated rings. The Morgan fingerprint density at radius 3 is 2.79 bits per heavy atom. The summed E-state index contributed by atoms with van der Waals surface area (Å²) in [7, 11) is 0. The number of nitrogens with zero attached hydrogens (tertiary/aromatic N) is 7. The van der Waals surface area contributed by atoms with Crippen LogP contribution in [0.15, 0.2) is 66.3 Å². The van der Waals surface area contributed by atoms with Crippen molar-refractivity contribution in [2.24, 2.45) is 4.99 Å². The Morgan fingerprint density at radius 2 is 2.00 bits per heavy atom. The normalized spacial score (nSPS) is 13.6. The fraction of sp³-hybridized carbons (Fsp3) is 0.167. The monoisotopic (exact) mass is 456 g/mol. The van der Waals surface area contributed by atoms with E-state index in [-0.39, 0.29) is 30.0 Å². The van der Waals surface area contributed by atoms with E-state index in [9.17, 15) is 9.18 Å². The molecule has 4 aromatic heterocycles. The smallest absolute Gasteiger partial charge is 0.252 e. The van der Waals surface area contributed by atoms with Crippen molar-refractivity contribution in [3.8, 4) is 11.3 Å².